The van der Waals surface area contributed by atoms with Gasteiger partial charge in [-0.3, -0.25) is 4.68 Å². The molecule has 2 heterocycles. The molecule has 0 aromatic carbocycles. The van der Waals surface area contributed by atoms with Gasteiger partial charge in [0, 0.05) is 17.7 Å². The molecule has 0 fully saturated rings. The highest BCUT2D eigenvalue weighted by molar-refractivity contribution is 9.10. The lowest BCUT2D eigenvalue weighted by molar-refractivity contribution is 0.0693. The van der Waals surface area contributed by atoms with Gasteiger partial charge in [0.15, 0.2) is 5.75 Å². The molecule has 0 spiro atoms. The molecule has 0 unspecified atom stereocenters. The first kappa shape index (κ1) is 11.6. The molecular weight excluding hydrogens is 290 g/mol. The van der Waals surface area contributed by atoms with Gasteiger partial charge in [0.2, 0.25) is 5.88 Å². The van der Waals surface area contributed by atoms with Crippen LogP contribution in [0.4, 0.5) is 0 Å². The van der Waals surface area contributed by atoms with Crippen LogP contribution in [0.25, 0.3) is 0 Å². The van der Waals surface area contributed by atoms with Crippen LogP contribution in [-0.4, -0.2) is 25.8 Å². The summed E-state index contributed by atoms with van der Waals surface area (Å²) in [5, 5.41) is 12.9. The molecule has 6 nitrogen and oxygen atoms in total. The molecule has 0 amide bonds. The molecule has 2 aromatic rings. The number of carboxylic acids is 1. The maximum absolute atomic E-state index is 11.0. The van der Waals surface area contributed by atoms with E-state index in [2.05, 4.69) is 26.0 Å². The van der Waals surface area contributed by atoms with E-state index < -0.39 is 5.97 Å². The van der Waals surface area contributed by atoms with Gasteiger partial charge in [-0.15, -0.1) is 0 Å². The Morgan fingerprint density at radius 2 is 2.29 bits per heavy atom. The summed E-state index contributed by atoms with van der Waals surface area (Å²) >= 11 is 3.16. The van der Waals surface area contributed by atoms with E-state index in [0.29, 0.717) is 10.2 Å². The summed E-state index contributed by atoms with van der Waals surface area (Å²) in [6, 6.07) is 1.43. The van der Waals surface area contributed by atoms with E-state index in [4.69, 9.17) is 9.84 Å². The van der Waals surface area contributed by atoms with E-state index >= 15 is 0 Å². The molecule has 0 aliphatic rings. The van der Waals surface area contributed by atoms with Gasteiger partial charge in [0.25, 0.3) is 0 Å². The van der Waals surface area contributed by atoms with E-state index in [-0.39, 0.29) is 11.4 Å². The third kappa shape index (κ3) is 2.62. The smallest absolute Gasteiger partial charge is 0.341 e. The van der Waals surface area contributed by atoms with Gasteiger partial charge in [0.1, 0.15) is 5.56 Å². The first-order valence-electron chi connectivity index (χ1n) is 4.61. The molecule has 0 saturated heterocycles. The number of aromatic nitrogens is 3. The Balaban J connectivity index is 2.35. The number of carboxylic acid groups (broad SMARTS) is 1. The van der Waals surface area contributed by atoms with Gasteiger partial charge in [-0.25, -0.2) is 9.78 Å². The largest absolute Gasteiger partial charge is 0.477 e. The number of hydrogen-bond acceptors (Lipinski definition) is 4. The molecule has 1 N–H and O–H groups in total. The van der Waals surface area contributed by atoms with Crippen molar-refractivity contribution in [1.82, 2.24) is 14.8 Å². The molecule has 0 aliphatic carbocycles. The van der Waals surface area contributed by atoms with Gasteiger partial charge >= 0.3 is 5.97 Å². The average Bonchev–Trinajstić information content (AvgIpc) is 2.66. The normalized spacial score (nSPS) is 10.2. The molecule has 0 radical (unpaired) electrons. The third-order valence-corrected chi connectivity index (χ3v) is 2.38. The molecule has 2 rings (SSSR count). The van der Waals surface area contributed by atoms with Crippen molar-refractivity contribution >= 4 is 21.9 Å². The number of pyridine rings is 1. The number of rotatable bonds is 3. The Bertz CT molecular complexity index is 568. The van der Waals surface area contributed by atoms with E-state index in [1.54, 1.807) is 17.9 Å². The van der Waals surface area contributed by atoms with Gasteiger partial charge in [0.05, 0.1) is 12.4 Å². The predicted molar refractivity (Wildman–Crippen MR) is 62.2 cm³/mol. The van der Waals surface area contributed by atoms with Crippen LogP contribution in [0.15, 0.2) is 29.1 Å². The van der Waals surface area contributed by atoms with Crippen molar-refractivity contribution < 1.29 is 14.6 Å². The molecule has 88 valence electrons. The first-order valence-corrected chi connectivity index (χ1v) is 5.41. The van der Waals surface area contributed by atoms with E-state index in [1.165, 1.54) is 18.5 Å². The molecule has 7 heteroatoms. The minimum Gasteiger partial charge on any atom is -0.477 e. The summed E-state index contributed by atoms with van der Waals surface area (Å²) in [6.07, 6.45) is 4.57. The zero-order valence-electron chi connectivity index (χ0n) is 8.79. The number of nitrogens with zero attached hydrogens (tertiary/aromatic N) is 3. The van der Waals surface area contributed by atoms with Crippen molar-refractivity contribution in [2.24, 2.45) is 7.05 Å². The van der Waals surface area contributed by atoms with Gasteiger partial charge in [-0.1, -0.05) is 0 Å². The number of aromatic carboxylic acids is 1. The number of ether oxygens (including phenoxy) is 1. The Kier molecular flexibility index (Phi) is 3.10. The summed E-state index contributed by atoms with van der Waals surface area (Å²) in [5.74, 6) is -0.629. The SMILES string of the molecule is Cn1cc(Oc2ncc(Br)cc2C(=O)O)cn1. The Hall–Kier alpha value is -1.89. The first-order chi connectivity index (χ1) is 8.06. The van der Waals surface area contributed by atoms with Gasteiger partial charge in [-0.05, 0) is 22.0 Å². The van der Waals surface area contributed by atoms with Crippen molar-refractivity contribution in [3.8, 4) is 11.6 Å². The molecular formula is C10H8BrN3O3. The Morgan fingerprint density at radius 1 is 1.53 bits per heavy atom. The number of hydrogen-bond donors (Lipinski definition) is 1. The van der Waals surface area contributed by atoms with E-state index in [0.717, 1.165) is 0 Å². The number of carbonyl (C=O) groups is 1. The predicted octanol–water partition coefficient (Wildman–Crippen LogP) is 2.07. The second kappa shape index (κ2) is 4.54. The van der Waals surface area contributed by atoms with Crippen molar-refractivity contribution in [1.29, 1.82) is 0 Å². The highest BCUT2D eigenvalue weighted by atomic mass is 79.9. The summed E-state index contributed by atoms with van der Waals surface area (Å²) in [4.78, 5) is 14.9. The maximum atomic E-state index is 11.0. The standard InChI is InChI=1S/C10H8BrN3O3/c1-14-5-7(4-13-14)17-9-8(10(15)16)2-6(11)3-12-9/h2-5H,1H3,(H,15,16). The van der Waals surface area contributed by atoms with Crippen LogP contribution in [0.5, 0.6) is 11.6 Å². The number of aryl methyl sites for hydroxylation is 1. The third-order valence-electron chi connectivity index (χ3n) is 1.94. The fourth-order valence-electron chi connectivity index (χ4n) is 1.22. The molecule has 0 atom stereocenters. The topological polar surface area (TPSA) is 77.2 Å². The maximum Gasteiger partial charge on any atom is 0.341 e. The van der Waals surface area contributed by atoms with Gasteiger partial charge in [-0.2, -0.15) is 5.10 Å². The minimum atomic E-state index is -1.10. The van der Waals surface area contributed by atoms with E-state index in [9.17, 15) is 4.79 Å². The van der Waals surface area contributed by atoms with Crippen molar-refractivity contribution in [3.63, 3.8) is 0 Å². The van der Waals surface area contributed by atoms with Crippen LogP contribution in [0.2, 0.25) is 0 Å². The zero-order chi connectivity index (χ0) is 12.4. The lowest BCUT2D eigenvalue weighted by Gasteiger charge is -2.05. The quantitative estimate of drug-likeness (QED) is 0.938. The van der Waals surface area contributed by atoms with Crippen molar-refractivity contribution in [2.45, 2.75) is 0 Å². The van der Waals surface area contributed by atoms with Gasteiger partial charge < -0.3 is 9.84 Å². The van der Waals surface area contributed by atoms with Crippen LogP contribution in [0, 0.1) is 0 Å². The van der Waals surface area contributed by atoms with Crippen molar-refractivity contribution in [3.05, 3.63) is 34.7 Å². The van der Waals surface area contributed by atoms with Crippen molar-refractivity contribution in [2.75, 3.05) is 0 Å². The van der Waals surface area contributed by atoms with E-state index in [1.807, 2.05) is 0 Å². The van der Waals surface area contributed by atoms with Crippen LogP contribution < -0.4 is 4.74 Å². The minimum absolute atomic E-state index is 0.0109. The average molecular weight is 298 g/mol. The molecule has 0 saturated carbocycles. The lowest BCUT2D eigenvalue weighted by atomic mass is 10.3. The van der Waals surface area contributed by atoms with Crippen LogP contribution in [0.1, 0.15) is 10.4 Å². The highest BCUT2D eigenvalue weighted by Gasteiger charge is 2.14. The fraction of sp³-hybridized carbons (Fsp3) is 0.100. The number of halogens is 1. The molecule has 0 bridgehead atoms. The summed E-state index contributed by atoms with van der Waals surface area (Å²) in [7, 11) is 1.74. The summed E-state index contributed by atoms with van der Waals surface area (Å²) < 4.78 is 7.48. The monoisotopic (exact) mass is 297 g/mol. The fourth-order valence-corrected chi connectivity index (χ4v) is 1.56. The van der Waals surface area contributed by atoms with Crippen LogP contribution in [-0.2, 0) is 7.05 Å². The summed E-state index contributed by atoms with van der Waals surface area (Å²) in [6.45, 7) is 0. The Labute approximate surface area is 105 Å². The molecule has 17 heavy (non-hydrogen) atoms. The Morgan fingerprint density at radius 3 is 2.88 bits per heavy atom. The second-order valence-electron chi connectivity index (χ2n) is 3.26. The lowest BCUT2D eigenvalue weighted by Crippen LogP contribution is -2.01. The van der Waals surface area contributed by atoms with Crippen LogP contribution >= 0.6 is 15.9 Å². The summed E-state index contributed by atoms with van der Waals surface area (Å²) in [5.41, 5.74) is -0.0109. The zero-order valence-corrected chi connectivity index (χ0v) is 10.4. The highest BCUT2D eigenvalue weighted by Crippen LogP contribution is 2.24. The van der Waals surface area contributed by atoms with Crippen LogP contribution in [0.3, 0.4) is 0 Å². The molecule has 2 aromatic heterocycles. The molecule has 0 aliphatic heterocycles. The second-order valence-corrected chi connectivity index (χ2v) is 4.18.